The van der Waals surface area contributed by atoms with Crippen molar-refractivity contribution in [1.29, 1.82) is 0 Å². The average molecular weight is 267 g/mol. The Labute approximate surface area is 120 Å². The SMILES string of the molecule is C=C(C)C(=O)N(CCC)CCCCCCCCCC. The van der Waals surface area contributed by atoms with E-state index in [9.17, 15) is 4.79 Å². The van der Waals surface area contributed by atoms with Crippen LogP contribution in [-0.4, -0.2) is 23.9 Å². The molecule has 2 heteroatoms. The van der Waals surface area contributed by atoms with E-state index in [1.807, 2.05) is 4.90 Å². The van der Waals surface area contributed by atoms with Crippen LogP contribution in [0.5, 0.6) is 0 Å². The largest absolute Gasteiger partial charge is 0.339 e. The topological polar surface area (TPSA) is 20.3 Å². The van der Waals surface area contributed by atoms with E-state index in [-0.39, 0.29) is 5.91 Å². The minimum Gasteiger partial charge on any atom is -0.339 e. The molecule has 0 aliphatic heterocycles. The summed E-state index contributed by atoms with van der Waals surface area (Å²) in [6.07, 6.45) is 11.5. The van der Waals surface area contributed by atoms with Crippen LogP contribution in [0.25, 0.3) is 0 Å². The zero-order valence-corrected chi connectivity index (χ0v) is 13.3. The van der Waals surface area contributed by atoms with Gasteiger partial charge in [-0.1, -0.05) is 65.4 Å². The van der Waals surface area contributed by atoms with E-state index in [4.69, 9.17) is 0 Å². The first kappa shape index (κ1) is 18.2. The second-order valence-electron chi connectivity index (χ2n) is 5.55. The predicted octanol–water partition coefficient (Wildman–Crippen LogP) is 4.94. The molecule has 0 N–H and O–H groups in total. The van der Waals surface area contributed by atoms with Gasteiger partial charge in [-0.2, -0.15) is 0 Å². The van der Waals surface area contributed by atoms with Crippen molar-refractivity contribution in [1.82, 2.24) is 4.90 Å². The molecule has 0 saturated carbocycles. The minimum atomic E-state index is 0.129. The van der Waals surface area contributed by atoms with E-state index in [2.05, 4.69) is 20.4 Å². The molecule has 2 nitrogen and oxygen atoms in total. The maximum absolute atomic E-state index is 11.9. The van der Waals surface area contributed by atoms with Crippen LogP contribution in [0.15, 0.2) is 12.2 Å². The molecule has 0 fully saturated rings. The minimum absolute atomic E-state index is 0.129. The number of hydrogen-bond donors (Lipinski definition) is 0. The first-order valence-corrected chi connectivity index (χ1v) is 8.08. The van der Waals surface area contributed by atoms with Crippen molar-refractivity contribution in [3.8, 4) is 0 Å². The molecule has 0 radical (unpaired) electrons. The molecule has 0 bridgehead atoms. The Balaban J connectivity index is 3.64. The summed E-state index contributed by atoms with van der Waals surface area (Å²) in [7, 11) is 0. The van der Waals surface area contributed by atoms with Crippen LogP contribution in [0.3, 0.4) is 0 Å². The molecule has 0 aromatic heterocycles. The van der Waals surface area contributed by atoms with Gasteiger partial charge in [0.15, 0.2) is 0 Å². The van der Waals surface area contributed by atoms with Crippen molar-refractivity contribution >= 4 is 5.91 Å². The lowest BCUT2D eigenvalue weighted by Gasteiger charge is -2.22. The van der Waals surface area contributed by atoms with Crippen LogP contribution in [0.2, 0.25) is 0 Å². The van der Waals surface area contributed by atoms with Gasteiger partial charge in [0.25, 0.3) is 0 Å². The first-order chi connectivity index (χ1) is 9.13. The Morgan fingerprint density at radius 3 is 1.84 bits per heavy atom. The summed E-state index contributed by atoms with van der Waals surface area (Å²) >= 11 is 0. The number of hydrogen-bond acceptors (Lipinski definition) is 1. The van der Waals surface area contributed by atoms with Crippen LogP contribution in [-0.2, 0) is 4.79 Å². The highest BCUT2D eigenvalue weighted by Crippen LogP contribution is 2.10. The summed E-state index contributed by atoms with van der Waals surface area (Å²) in [5, 5.41) is 0. The van der Waals surface area contributed by atoms with Gasteiger partial charge in [-0.05, 0) is 19.8 Å². The van der Waals surface area contributed by atoms with Crippen molar-refractivity contribution in [2.75, 3.05) is 13.1 Å². The summed E-state index contributed by atoms with van der Waals surface area (Å²) in [5.74, 6) is 0.129. The fourth-order valence-electron chi connectivity index (χ4n) is 2.29. The van der Waals surface area contributed by atoms with Gasteiger partial charge in [0, 0.05) is 18.7 Å². The quantitative estimate of drug-likeness (QED) is 0.362. The Kier molecular flexibility index (Phi) is 11.7. The third-order valence-electron chi connectivity index (χ3n) is 3.43. The molecule has 0 aliphatic carbocycles. The molecule has 0 heterocycles. The normalized spacial score (nSPS) is 10.5. The van der Waals surface area contributed by atoms with Crippen molar-refractivity contribution in [2.45, 2.75) is 78.6 Å². The second-order valence-corrected chi connectivity index (χ2v) is 5.55. The van der Waals surface area contributed by atoms with Gasteiger partial charge < -0.3 is 4.90 Å². The molecule has 0 unspecified atom stereocenters. The number of amides is 1. The second kappa shape index (κ2) is 12.3. The van der Waals surface area contributed by atoms with Crippen molar-refractivity contribution in [3.05, 3.63) is 12.2 Å². The lowest BCUT2D eigenvalue weighted by molar-refractivity contribution is -0.127. The zero-order chi connectivity index (χ0) is 14.5. The molecule has 0 spiro atoms. The highest BCUT2D eigenvalue weighted by Gasteiger charge is 2.12. The van der Waals surface area contributed by atoms with Crippen LogP contribution in [0.4, 0.5) is 0 Å². The summed E-state index contributed by atoms with van der Waals surface area (Å²) in [6, 6.07) is 0. The van der Waals surface area contributed by atoms with Gasteiger partial charge in [0.2, 0.25) is 5.91 Å². The summed E-state index contributed by atoms with van der Waals surface area (Å²) in [5.41, 5.74) is 0.660. The number of unbranched alkanes of at least 4 members (excludes halogenated alkanes) is 7. The molecular formula is C17H33NO. The van der Waals surface area contributed by atoms with Gasteiger partial charge in [-0.25, -0.2) is 0 Å². The standard InChI is InChI=1S/C17H33NO/c1-5-7-8-9-10-11-12-13-15-18(14-6-2)17(19)16(3)4/h3,5-15H2,1-2,4H3. The monoisotopic (exact) mass is 267 g/mol. The number of carbonyl (C=O) groups is 1. The average Bonchev–Trinajstić information content (AvgIpc) is 2.39. The molecule has 112 valence electrons. The van der Waals surface area contributed by atoms with E-state index < -0.39 is 0 Å². The Hall–Kier alpha value is -0.790. The molecule has 0 aromatic carbocycles. The number of carbonyl (C=O) groups excluding carboxylic acids is 1. The molecule has 0 atom stereocenters. The van der Waals surface area contributed by atoms with E-state index in [0.717, 1.165) is 25.9 Å². The van der Waals surface area contributed by atoms with Crippen molar-refractivity contribution in [3.63, 3.8) is 0 Å². The third kappa shape index (κ3) is 9.75. The van der Waals surface area contributed by atoms with Gasteiger partial charge in [-0.15, -0.1) is 0 Å². The summed E-state index contributed by atoms with van der Waals surface area (Å²) < 4.78 is 0. The molecule has 0 aliphatic rings. The molecule has 0 rings (SSSR count). The van der Waals surface area contributed by atoms with Gasteiger partial charge in [0.1, 0.15) is 0 Å². The van der Waals surface area contributed by atoms with Crippen molar-refractivity contribution < 1.29 is 4.79 Å². The summed E-state index contributed by atoms with van der Waals surface area (Å²) in [4.78, 5) is 13.9. The fraction of sp³-hybridized carbons (Fsp3) is 0.824. The van der Waals surface area contributed by atoms with E-state index in [1.54, 1.807) is 6.92 Å². The number of rotatable bonds is 12. The molecule has 19 heavy (non-hydrogen) atoms. The third-order valence-corrected chi connectivity index (χ3v) is 3.43. The Bertz CT molecular complexity index is 248. The van der Waals surface area contributed by atoms with Gasteiger partial charge >= 0.3 is 0 Å². The van der Waals surface area contributed by atoms with Crippen LogP contribution >= 0.6 is 0 Å². The van der Waals surface area contributed by atoms with E-state index >= 15 is 0 Å². The lowest BCUT2D eigenvalue weighted by atomic mass is 10.1. The van der Waals surface area contributed by atoms with Crippen LogP contribution in [0, 0.1) is 0 Å². The Morgan fingerprint density at radius 1 is 0.842 bits per heavy atom. The fourth-order valence-corrected chi connectivity index (χ4v) is 2.29. The molecular weight excluding hydrogens is 234 g/mol. The smallest absolute Gasteiger partial charge is 0.248 e. The van der Waals surface area contributed by atoms with E-state index in [1.165, 1.54) is 44.9 Å². The maximum Gasteiger partial charge on any atom is 0.248 e. The van der Waals surface area contributed by atoms with Crippen LogP contribution in [0.1, 0.15) is 78.6 Å². The van der Waals surface area contributed by atoms with Crippen LogP contribution < -0.4 is 0 Å². The summed E-state index contributed by atoms with van der Waals surface area (Å²) in [6.45, 7) is 11.7. The van der Waals surface area contributed by atoms with Crippen molar-refractivity contribution in [2.24, 2.45) is 0 Å². The molecule has 0 saturated heterocycles. The maximum atomic E-state index is 11.9. The first-order valence-electron chi connectivity index (χ1n) is 8.08. The Morgan fingerprint density at radius 2 is 1.37 bits per heavy atom. The highest BCUT2D eigenvalue weighted by atomic mass is 16.2. The van der Waals surface area contributed by atoms with E-state index in [0.29, 0.717) is 5.57 Å². The molecule has 1 amide bonds. The van der Waals surface area contributed by atoms with Gasteiger partial charge in [0.05, 0.1) is 0 Å². The van der Waals surface area contributed by atoms with Gasteiger partial charge in [-0.3, -0.25) is 4.79 Å². The lowest BCUT2D eigenvalue weighted by Crippen LogP contribution is -2.33. The predicted molar refractivity (Wildman–Crippen MR) is 84.3 cm³/mol. The number of nitrogens with zero attached hydrogens (tertiary/aromatic N) is 1. The molecule has 0 aromatic rings. The zero-order valence-electron chi connectivity index (χ0n) is 13.3. The highest BCUT2D eigenvalue weighted by molar-refractivity contribution is 5.92.